The van der Waals surface area contributed by atoms with E-state index in [2.05, 4.69) is 39.4 Å². The van der Waals surface area contributed by atoms with Crippen LogP contribution in [0, 0.1) is 0 Å². The molecule has 1 aromatic heterocycles. The van der Waals surface area contributed by atoms with Gasteiger partial charge in [-0.3, -0.25) is 9.79 Å². The van der Waals surface area contributed by atoms with Crippen molar-refractivity contribution < 1.29 is 4.79 Å². The van der Waals surface area contributed by atoms with Crippen LogP contribution in [0.4, 0.5) is 5.82 Å². The van der Waals surface area contributed by atoms with Gasteiger partial charge in [0.25, 0.3) is 0 Å². The van der Waals surface area contributed by atoms with Crippen LogP contribution in [0.1, 0.15) is 46.0 Å². The second kappa shape index (κ2) is 15.3. The average molecular weight is 516 g/mol. The van der Waals surface area contributed by atoms with Crippen molar-refractivity contribution in [3.05, 3.63) is 24.4 Å². The van der Waals surface area contributed by atoms with Crippen LogP contribution in [0.2, 0.25) is 0 Å². The molecule has 1 fully saturated rings. The first-order valence-corrected chi connectivity index (χ1v) is 10.7. The summed E-state index contributed by atoms with van der Waals surface area (Å²) < 4.78 is 0. The van der Waals surface area contributed by atoms with Gasteiger partial charge in [-0.1, -0.05) is 32.3 Å². The largest absolute Gasteiger partial charge is 0.357 e. The van der Waals surface area contributed by atoms with Gasteiger partial charge in [0.15, 0.2) is 5.96 Å². The van der Waals surface area contributed by atoms with Crippen molar-refractivity contribution in [2.45, 2.75) is 46.0 Å². The number of halogens is 1. The van der Waals surface area contributed by atoms with Gasteiger partial charge in [0.05, 0.1) is 0 Å². The Labute approximate surface area is 192 Å². The normalized spacial score (nSPS) is 14.3. The van der Waals surface area contributed by atoms with Crippen molar-refractivity contribution in [3.63, 3.8) is 0 Å². The molecule has 29 heavy (non-hydrogen) atoms. The smallest absolute Gasteiger partial charge is 0.224 e. The summed E-state index contributed by atoms with van der Waals surface area (Å²) in [5.74, 6) is 2.00. The third-order valence-corrected chi connectivity index (χ3v) is 4.86. The molecule has 1 amide bonds. The molecule has 8 heteroatoms. The molecular formula is C21H37IN6O. The van der Waals surface area contributed by atoms with E-state index < -0.39 is 0 Å². The monoisotopic (exact) mass is 516 g/mol. The molecule has 2 N–H and O–H groups in total. The summed E-state index contributed by atoms with van der Waals surface area (Å²) in [6.07, 6.45) is 7.14. The summed E-state index contributed by atoms with van der Waals surface area (Å²) in [5, 5.41) is 6.54. The molecule has 1 saturated heterocycles. The number of piperazine rings is 1. The zero-order chi connectivity index (χ0) is 20.0. The topological polar surface area (TPSA) is 72.9 Å². The second-order valence-electron chi connectivity index (χ2n) is 7.05. The third kappa shape index (κ3) is 9.64. The summed E-state index contributed by atoms with van der Waals surface area (Å²) in [6.45, 7) is 9.70. The van der Waals surface area contributed by atoms with Crippen LogP contribution in [0.5, 0.6) is 0 Å². The van der Waals surface area contributed by atoms with E-state index in [1.54, 1.807) is 0 Å². The number of amides is 1. The molecule has 2 heterocycles. The zero-order valence-electron chi connectivity index (χ0n) is 17.9. The number of nitrogens with zero attached hydrogens (tertiary/aromatic N) is 4. The fourth-order valence-electron chi connectivity index (χ4n) is 3.24. The van der Waals surface area contributed by atoms with E-state index in [0.29, 0.717) is 13.0 Å². The van der Waals surface area contributed by atoms with Gasteiger partial charge >= 0.3 is 0 Å². The van der Waals surface area contributed by atoms with Crippen LogP contribution in [0.15, 0.2) is 29.4 Å². The maximum Gasteiger partial charge on any atom is 0.224 e. The van der Waals surface area contributed by atoms with Gasteiger partial charge in [-0.25, -0.2) is 4.98 Å². The van der Waals surface area contributed by atoms with Crippen molar-refractivity contribution in [2.24, 2.45) is 4.99 Å². The molecule has 1 aromatic rings. The molecule has 0 spiro atoms. The summed E-state index contributed by atoms with van der Waals surface area (Å²) in [7, 11) is 0. The summed E-state index contributed by atoms with van der Waals surface area (Å²) in [4.78, 5) is 25.7. The predicted octanol–water partition coefficient (Wildman–Crippen LogP) is 2.87. The molecule has 2 rings (SSSR count). The van der Waals surface area contributed by atoms with Gasteiger partial charge in [0, 0.05) is 58.4 Å². The van der Waals surface area contributed by atoms with Crippen molar-refractivity contribution in [1.29, 1.82) is 0 Å². The van der Waals surface area contributed by atoms with E-state index in [1.165, 1.54) is 19.3 Å². The molecule has 1 aliphatic rings. The minimum atomic E-state index is 0. The summed E-state index contributed by atoms with van der Waals surface area (Å²) in [5.41, 5.74) is 0. The van der Waals surface area contributed by atoms with E-state index >= 15 is 0 Å². The fraction of sp³-hybridized carbons (Fsp3) is 0.667. The lowest BCUT2D eigenvalue weighted by molar-refractivity contribution is -0.131. The van der Waals surface area contributed by atoms with E-state index in [1.807, 2.05) is 29.3 Å². The van der Waals surface area contributed by atoms with Crippen LogP contribution in [-0.4, -0.2) is 67.6 Å². The first-order valence-electron chi connectivity index (χ1n) is 10.7. The van der Waals surface area contributed by atoms with E-state index in [4.69, 9.17) is 0 Å². The van der Waals surface area contributed by atoms with E-state index in [-0.39, 0.29) is 29.9 Å². The van der Waals surface area contributed by atoms with Crippen LogP contribution in [-0.2, 0) is 4.79 Å². The van der Waals surface area contributed by atoms with Crippen molar-refractivity contribution >= 4 is 41.7 Å². The third-order valence-electron chi connectivity index (χ3n) is 4.86. The maximum absolute atomic E-state index is 12.5. The Kier molecular flexibility index (Phi) is 13.4. The Bertz CT molecular complexity index is 590. The fourth-order valence-corrected chi connectivity index (χ4v) is 3.24. The van der Waals surface area contributed by atoms with E-state index in [0.717, 1.165) is 57.5 Å². The highest BCUT2D eigenvalue weighted by atomic mass is 127. The summed E-state index contributed by atoms with van der Waals surface area (Å²) >= 11 is 0. The molecular weight excluding hydrogens is 479 g/mol. The van der Waals surface area contributed by atoms with Crippen LogP contribution < -0.4 is 15.5 Å². The van der Waals surface area contributed by atoms with Crippen LogP contribution in [0.25, 0.3) is 0 Å². The molecule has 0 atom stereocenters. The van der Waals surface area contributed by atoms with Gasteiger partial charge < -0.3 is 20.4 Å². The van der Waals surface area contributed by atoms with Crippen molar-refractivity contribution in [2.75, 3.05) is 50.7 Å². The number of aliphatic imine (C=N–C) groups is 1. The second-order valence-corrected chi connectivity index (χ2v) is 7.05. The first-order chi connectivity index (χ1) is 13.7. The highest BCUT2D eigenvalue weighted by Gasteiger charge is 2.21. The number of carbonyl (C=O) groups is 1. The number of rotatable bonds is 10. The number of unbranched alkanes of at least 4 members (excludes halogenated alkanes) is 3. The maximum atomic E-state index is 12.5. The highest BCUT2D eigenvalue weighted by molar-refractivity contribution is 14.0. The number of aromatic nitrogens is 1. The molecule has 0 unspecified atom stereocenters. The Morgan fingerprint density at radius 1 is 1.10 bits per heavy atom. The van der Waals surface area contributed by atoms with Crippen LogP contribution in [0.3, 0.4) is 0 Å². The zero-order valence-corrected chi connectivity index (χ0v) is 20.2. The Hall–Kier alpha value is -1.58. The lowest BCUT2D eigenvalue weighted by Crippen LogP contribution is -2.49. The van der Waals surface area contributed by atoms with Gasteiger partial charge in [-0.05, 0) is 25.5 Å². The molecule has 0 radical (unpaired) electrons. The number of hydrogen-bond donors (Lipinski definition) is 2. The highest BCUT2D eigenvalue weighted by Crippen LogP contribution is 2.12. The quantitative estimate of drug-likeness (QED) is 0.217. The standard InChI is InChI=1S/C21H36N6O.HI/c1-3-5-6-8-13-24-21(22-4-2)25-14-11-20(28)27-17-15-26(16-18-27)19-10-7-9-12-23-19;/h7,9-10,12H,3-6,8,11,13-18H2,1-2H3,(H2,22,24,25);1H. The minimum absolute atomic E-state index is 0. The minimum Gasteiger partial charge on any atom is -0.357 e. The molecule has 0 aromatic carbocycles. The number of guanidine groups is 1. The van der Waals surface area contributed by atoms with Gasteiger partial charge in [0.1, 0.15) is 5.82 Å². The van der Waals surface area contributed by atoms with Crippen molar-refractivity contribution in [1.82, 2.24) is 20.5 Å². The molecule has 7 nitrogen and oxygen atoms in total. The van der Waals surface area contributed by atoms with Crippen LogP contribution >= 0.6 is 24.0 Å². The Balaban J connectivity index is 0.00000420. The summed E-state index contributed by atoms with van der Waals surface area (Å²) in [6, 6.07) is 5.94. The van der Waals surface area contributed by atoms with E-state index in [9.17, 15) is 4.79 Å². The number of carbonyl (C=O) groups excluding carboxylic acids is 1. The molecule has 164 valence electrons. The van der Waals surface area contributed by atoms with Gasteiger partial charge in [0.2, 0.25) is 5.91 Å². The molecule has 0 saturated carbocycles. The SMILES string of the molecule is CCCCCCN=C(NCC)NCCC(=O)N1CCN(c2ccccn2)CC1.I. The first kappa shape index (κ1) is 25.5. The van der Waals surface area contributed by atoms with Gasteiger partial charge in [-0.2, -0.15) is 0 Å². The molecule has 0 aliphatic carbocycles. The average Bonchev–Trinajstić information content (AvgIpc) is 2.74. The number of anilines is 1. The Morgan fingerprint density at radius 2 is 1.90 bits per heavy atom. The van der Waals surface area contributed by atoms with Crippen molar-refractivity contribution in [3.8, 4) is 0 Å². The lowest BCUT2D eigenvalue weighted by Gasteiger charge is -2.35. The predicted molar refractivity (Wildman–Crippen MR) is 131 cm³/mol. The number of pyridine rings is 1. The molecule has 0 bridgehead atoms. The molecule has 1 aliphatic heterocycles. The Morgan fingerprint density at radius 3 is 2.55 bits per heavy atom. The number of nitrogens with one attached hydrogen (secondary N) is 2. The number of hydrogen-bond acceptors (Lipinski definition) is 4. The van der Waals surface area contributed by atoms with Gasteiger partial charge in [-0.15, -0.1) is 24.0 Å². The lowest BCUT2D eigenvalue weighted by atomic mass is 10.2.